The number of Topliss-reactive ketones (excluding diaryl/α,β-unsaturated/α-hetero) is 1. The summed E-state index contributed by atoms with van der Waals surface area (Å²) in [6.07, 6.45) is 4.35. The zero-order valence-electron chi connectivity index (χ0n) is 23.2. The van der Waals surface area contributed by atoms with Gasteiger partial charge < -0.3 is 0 Å². The van der Waals surface area contributed by atoms with E-state index in [-0.39, 0.29) is 59.6 Å². The van der Waals surface area contributed by atoms with Gasteiger partial charge in [0.2, 0.25) is 0 Å². The van der Waals surface area contributed by atoms with Gasteiger partial charge in [0.15, 0.2) is 0 Å². The monoisotopic (exact) mass is 598 g/mol. The van der Waals surface area contributed by atoms with Crippen molar-refractivity contribution in [3.8, 4) is 11.6 Å². The van der Waals surface area contributed by atoms with Crippen molar-refractivity contribution in [2.75, 3.05) is 26.7 Å². The van der Waals surface area contributed by atoms with Crippen LogP contribution in [0.15, 0.2) is 55.0 Å². The van der Waals surface area contributed by atoms with E-state index < -0.39 is 26.6 Å². The number of methoxy groups -OCH3 is 1. The number of hydrogen-bond acceptors (Lipinski definition) is 10. The fraction of sp³-hybridized carbons (Fsp3) is 0.296. The third-order valence-corrected chi connectivity index (χ3v) is 7.55. The summed E-state index contributed by atoms with van der Waals surface area (Å²) >= 11 is 0. The van der Waals surface area contributed by atoms with Crippen LogP contribution in [0.5, 0.6) is 5.75 Å². The SMILES string of the molecule is COc1cnc(-n2ccc(C)n2)c2c1c(C(=O)C(=O)N1CCN(C(=O)c3ccccc3)[C@H](C)C1)cn2CO[PH](O)(O)O. The van der Waals surface area contributed by atoms with E-state index in [9.17, 15) is 29.1 Å². The van der Waals surface area contributed by atoms with Crippen molar-refractivity contribution in [1.82, 2.24) is 29.1 Å². The topological polar surface area (TPSA) is 172 Å². The van der Waals surface area contributed by atoms with Crippen molar-refractivity contribution < 1.29 is 38.3 Å². The molecule has 1 fully saturated rings. The van der Waals surface area contributed by atoms with E-state index in [1.807, 2.05) is 13.0 Å². The number of carbonyl (C=O) groups is 3. The average Bonchev–Trinajstić information content (AvgIpc) is 3.58. The number of ether oxygens (including phenoxy) is 1. The third-order valence-electron chi connectivity index (χ3n) is 7.03. The molecule has 2 amide bonds. The number of benzene rings is 1. The van der Waals surface area contributed by atoms with Crippen LogP contribution in [0.3, 0.4) is 0 Å². The van der Waals surface area contributed by atoms with Crippen LogP contribution in [0.2, 0.25) is 0 Å². The van der Waals surface area contributed by atoms with Crippen LogP contribution in [0.1, 0.15) is 33.3 Å². The van der Waals surface area contributed by atoms with Crippen molar-refractivity contribution in [2.45, 2.75) is 26.6 Å². The van der Waals surface area contributed by atoms with Gasteiger partial charge in [0.05, 0.1) is 0 Å². The van der Waals surface area contributed by atoms with Crippen LogP contribution in [0.25, 0.3) is 16.7 Å². The normalized spacial score (nSPS) is 16.1. The van der Waals surface area contributed by atoms with Crippen LogP contribution < -0.4 is 4.74 Å². The predicted molar refractivity (Wildman–Crippen MR) is 152 cm³/mol. The summed E-state index contributed by atoms with van der Waals surface area (Å²) in [4.78, 5) is 76.3. The molecule has 1 aliphatic rings. The van der Waals surface area contributed by atoms with E-state index in [1.54, 1.807) is 48.4 Å². The molecule has 15 heteroatoms. The number of aryl methyl sites for hydroxylation is 1. The molecule has 1 saturated heterocycles. The van der Waals surface area contributed by atoms with Crippen molar-refractivity contribution in [2.24, 2.45) is 0 Å². The van der Waals surface area contributed by atoms with Gasteiger partial charge in [-0.2, -0.15) is 0 Å². The number of piperazine rings is 1. The second-order valence-corrected chi connectivity index (χ2v) is 11.4. The fourth-order valence-corrected chi connectivity index (χ4v) is 5.34. The Kier molecular flexibility index (Phi) is 8.08. The molecule has 4 aromatic rings. The Labute approximate surface area is 241 Å². The summed E-state index contributed by atoms with van der Waals surface area (Å²) in [7, 11) is -3.56. The molecule has 222 valence electrons. The van der Waals surface area contributed by atoms with Gasteiger partial charge in [0.1, 0.15) is 0 Å². The number of pyridine rings is 1. The summed E-state index contributed by atoms with van der Waals surface area (Å²) < 4.78 is 13.1. The molecule has 14 nitrogen and oxygen atoms in total. The Hall–Kier alpha value is -4.20. The second-order valence-electron chi connectivity index (χ2n) is 9.93. The summed E-state index contributed by atoms with van der Waals surface area (Å²) in [5, 5.41) is 4.60. The molecule has 0 bridgehead atoms. The molecule has 5 rings (SSSR count). The summed E-state index contributed by atoms with van der Waals surface area (Å²) in [6, 6.07) is 10.2. The van der Waals surface area contributed by atoms with E-state index in [1.165, 1.54) is 33.7 Å². The van der Waals surface area contributed by atoms with Gasteiger partial charge in [0.25, 0.3) is 0 Å². The second kappa shape index (κ2) is 11.6. The maximum atomic E-state index is 13.8. The zero-order valence-corrected chi connectivity index (χ0v) is 24.2. The van der Waals surface area contributed by atoms with Gasteiger partial charge in [-0.1, -0.05) is 18.2 Å². The van der Waals surface area contributed by atoms with Crippen molar-refractivity contribution >= 4 is 36.7 Å². The molecule has 0 unspecified atom stereocenters. The minimum absolute atomic E-state index is 0.0421. The predicted octanol–water partition coefficient (Wildman–Crippen LogP) is 1.46. The van der Waals surface area contributed by atoms with Gasteiger partial charge in [-0.05, 0) is 12.1 Å². The number of hydrogen-bond donors (Lipinski definition) is 3. The van der Waals surface area contributed by atoms with E-state index in [0.29, 0.717) is 11.3 Å². The number of fused-ring (bicyclic) bond motifs is 1. The number of ketones is 1. The molecule has 1 atom stereocenters. The van der Waals surface area contributed by atoms with Crippen molar-refractivity contribution in [3.05, 3.63) is 71.8 Å². The van der Waals surface area contributed by atoms with Crippen LogP contribution in [0, 0.1) is 6.92 Å². The number of aromatic nitrogens is 4. The Bertz CT molecular complexity index is 1650. The van der Waals surface area contributed by atoms with E-state index in [0.717, 1.165) is 0 Å². The molecule has 0 spiro atoms. The molecule has 3 N–H and O–H groups in total. The average molecular weight is 599 g/mol. The van der Waals surface area contributed by atoms with Crippen LogP contribution >= 0.6 is 8.17 Å². The quantitative estimate of drug-likeness (QED) is 0.153. The van der Waals surface area contributed by atoms with Gasteiger partial charge >= 0.3 is 200 Å². The number of amides is 2. The summed E-state index contributed by atoms with van der Waals surface area (Å²) in [5.41, 5.74) is 1.44. The molecule has 0 aliphatic carbocycles. The Morgan fingerprint density at radius 3 is 2.45 bits per heavy atom. The first-order valence-corrected chi connectivity index (χ1v) is 14.8. The summed E-state index contributed by atoms with van der Waals surface area (Å²) in [5.74, 6) is -1.35. The maximum absolute atomic E-state index is 13.8. The van der Waals surface area contributed by atoms with Gasteiger partial charge in [-0.3, -0.25) is 4.79 Å². The molecule has 4 heterocycles. The Morgan fingerprint density at radius 1 is 1.10 bits per heavy atom. The molecule has 1 aromatic carbocycles. The Morgan fingerprint density at radius 2 is 1.83 bits per heavy atom. The summed E-state index contributed by atoms with van der Waals surface area (Å²) in [6.45, 7) is 3.57. The number of nitrogens with zero attached hydrogens (tertiary/aromatic N) is 6. The van der Waals surface area contributed by atoms with Gasteiger partial charge in [0, 0.05) is 5.56 Å². The first-order valence-electron chi connectivity index (χ1n) is 13.1. The first-order chi connectivity index (χ1) is 20.0. The van der Waals surface area contributed by atoms with Crippen LogP contribution in [-0.2, 0) is 16.0 Å². The van der Waals surface area contributed by atoms with Gasteiger partial charge in [-0.25, -0.2) is 0 Å². The van der Waals surface area contributed by atoms with Crippen LogP contribution in [-0.4, -0.2) is 94.2 Å². The number of carbonyl (C=O) groups excluding carboxylic acids is 3. The molecule has 0 saturated carbocycles. The molecule has 1 aliphatic heterocycles. The molecular weight excluding hydrogens is 567 g/mol. The van der Waals surface area contributed by atoms with E-state index in [4.69, 9.17) is 9.26 Å². The Balaban J connectivity index is 1.49. The van der Waals surface area contributed by atoms with Crippen molar-refractivity contribution in [1.29, 1.82) is 0 Å². The van der Waals surface area contributed by atoms with E-state index in [2.05, 4.69) is 10.1 Å². The number of rotatable bonds is 8. The van der Waals surface area contributed by atoms with Crippen LogP contribution in [0.4, 0.5) is 0 Å². The zero-order chi connectivity index (χ0) is 30.2. The molecular formula is C27H31N6O8P. The molecule has 0 radical (unpaired) electrons. The third kappa shape index (κ3) is 5.75. The van der Waals surface area contributed by atoms with E-state index >= 15 is 0 Å². The molecule has 42 heavy (non-hydrogen) atoms. The minimum atomic E-state index is -4.94. The first kappa shape index (κ1) is 29.3. The van der Waals surface area contributed by atoms with Gasteiger partial charge in [-0.15, -0.1) is 0 Å². The fourth-order valence-electron chi connectivity index (χ4n) is 5.03. The van der Waals surface area contributed by atoms with Crippen molar-refractivity contribution in [3.63, 3.8) is 0 Å². The standard InChI is InChI=1S/C27H31N6O8P/c1-17-9-10-33(29-17)25-23-22(21(40-3)13-28-25)20(15-31(23)16-41-42(37,38)39)24(34)27(36)30-11-12-32(18(2)14-30)26(35)19-7-5-4-6-8-19/h4-10,13,15,18,37-39,42H,11-12,14,16H2,1-3H3/t18-/m1/s1. The molecule has 3 aromatic heterocycles.